The molecule has 0 aliphatic carbocycles. The normalized spacial score (nSPS) is 17.1. The molecule has 2 atom stereocenters. The van der Waals surface area contributed by atoms with Gasteiger partial charge in [0.15, 0.2) is 11.4 Å². The molecule has 0 bridgehead atoms. The predicted molar refractivity (Wildman–Crippen MR) is 36.5 cm³/mol. The molecule has 0 aromatic carbocycles. The van der Waals surface area contributed by atoms with E-state index in [1.54, 1.807) is 0 Å². The van der Waals surface area contributed by atoms with E-state index in [1.807, 2.05) is 0 Å². The number of Topliss-reactive ketones (excluding diaryl/α,β-unsaturated/α-hetero) is 1. The smallest absolute Gasteiger partial charge is 0.333 e. The molecule has 0 aromatic heterocycles. The van der Waals surface area contributed by atoms with E-state index in [2.05, 4.69) is 4.52 Å². The van der Waals surface area contributed by atoms with Crippen molar-refractivity contribution < 1.29 is 27.1 Å². The van der Waals surface area contributed by atoms with Crippen molar-refractivity contribution in [3.05, 3.63) is 0 Å². The Balaban J connectivity index is 4.68. The van der Waals surface area contributed by atoms with Crippen LogP contribution < -0.4 is 0 Å². The first-order valence-corrected chi connectivity index (χ1v) is 4.35. The van der Waals surface area contributed by atoms with Crippen molar-refractivity contribution in [2.75, 3.05) is 7.11 Å². The summed E-state index contributed by atoms with van der Waals surface area (Å²) < 4.78 is 50.4. The first-order valence-electron chi connectivity index (χ1n) is 2.95. The average molecular weight is 204 g/mol. The van der Waals surface area contributed by atoms with Crippen molar-refractivity contribution in [1.29, 1.82) is 0 Å². The number of rotatable bonds is 3. The van der Waals surface area contributed by atoms with Crippen molar-refractivity contribution >= 4 is 13.8 Å². The summed E-state index contributed by atoms with van der Waals surface area (Å²) in [6, 6.07) is 0. The lowest BCUT2D eigenvalue weighted by Gasteiger charge is -2.15. The van der Waals surface area contributed by atoms with Gasteiger partial charge in [0.25, 0.3) is 0 Å². The molecule has 2 unspecified atom stereocenters. The third-order valence-electron chi connectivity index (χ3n) is 1.17. The van der Waals surface area contributed by atoms with Crippen LogP contribution in [-0.4, -0.2) is 24.7 Å². The first-order chi connectivity index (χ1) is 5.30. The van der Waals surface area contributed by atoms with Crippen molar-refractivity contribution in [2.45, 2.75) is 18.8 Å². The number of halogens is 3. The summed E-state index contributed by atoms with van der Waals surface area (Å²) >= 11 is 0. The molecule has 72 valence electrons. The summed E-state index contributed by atoms with van der Waals surface area (Å²) in [6.07, 6.45) is -4.78. The maximum absolute atomic E-state index is 11.9. The van der Waals surface area contributed by atoms with Gasteiger partial charge in [0.05, 0.1) is 0 Å². The Morgan fingerprint density at radius 1 is 1.50 bits per heavy atom. The number of carbonyl (C=O) groups excluding carboxylic acids is 1. The van der Waals surface area contributed by atoms with Crippen LogP contribution in [-0.2, 0) is 13.9 Å². The van der Waals surface area contributed by atoms with Crippen molar-refractivity contribution in [3.63, 3.8) is 0 Å². The van der Waals surface area contributed by atoms with E-state index in [-0.39, 0.29) is 0 Å². The highest BCUT2D eigenvalue weighted by Gasteiger charge is 2.47. The number of hydrogen-bond donors (Lipinski definition) is 0. The number of alkyl halides is 3. The van der Waals surface area contributed by atoms with Crippen molar-refractivity contribution in [1.82, 2.24) is 0 Å². The summed E-state index contributed by atoms with van der Waals surface area (Å²) in [4.78, 5) is 10.4. The van der Waals surface area contributed by atoms with Gasteiger partial charge in [-0.25, -0.2) is 0 Å². The molecule has 0 radical (unpaired) electrons. The number of carbonyl (C=O) groups is 1. The molecule has 0 aliphatic heterocycles. The lowest BCUT2D eigenvalue weighted by atomic mass is 10.3. The SMILES string of the molecule is CO[PH](=O)C(C(C)=O)C(F)(F)F. The topological polar surface area (TPSA) is 43.4 Å². The second-order valence-corrected chi connectivity index (χ2v) is 3.73. The van der Waals surface area contributed by atoms with Crippen LogP contribution in [0, 0.1) is 0 Å². The Labute approximate surface area is 67.8 Å². The van der Waals surface area contributed by atoms with E-state index in [1.165, 1.54) is 0 Å². The van der Waals surface area contributed by atoms with Crippen LogP contribution >= 0.6 is 8.03 Å². The largest absolute Gasteiger partial charge is 0.407 e. The average Bonchev–Trinajstić information content (AvgIpc) is 1.83. The molecule has 0 amide bonds. The minimum Gasteiger partial charge on any atom is -0.333 e. The number of hydrogen-bond acceptors (Lipinski definition) is 3. The summed E-state index contributed by atoms with van der Waals surface area (Å²) in [5.74, 6) is -1.19. The highest BCUT2D eigenvalue weighted by molar-refractivity contribution is 7.41. The highest BCUT2D eigenvalue weighted by Crippen LogP contribution is 2.40. The van der Waals surface area contributed by atoms with E-state index >= 15 is 0 Å². The third kappa shape index (κ3) is 2.95. The molecule has 3 nitrogen and oxygen atoms in total. The fraction of sp³-hybridized carbons (Fsp3) is 0.800. The zero-order valence-electron chi connectivity index (χ0n) is 6.44. The predicted octanol–water partition coefficient (Wildman–Crippen LogP) is 1.63. The molecule has 0 spiro atoms. The van der Waals surface area contributed by atoms with Gasteiger partial charge in [0.1, 0.15) is 0 Å². The second-order valence-electron chi connectivity index (χ2n) is 2.11. The molecular formula is C5H8F3O3P. The van der Waals surface area contributed by atoms with E-state index in [0.717, 1.165) is 14.0 Å². The molecule has 0 rings (SSSR count). The second kappa shape index (κ2) is 4.05. The monoisotopic (exact) mass is 204 g/mol. The molecule has 0 heterocycles. The lowest BCUT2D eigenvalue weighted by molar-refractivity contribution is -0.148. The molecule has 12 heavy (non-hydrogen) atoms. The van der Waals surface area contributed by atoms with Gasteiger partial charge in [0, 0.05) is 7.11 Å². The van der Waals surface area contributed by atoms with Gasteiger partial charge < -0.3 is 4.52 Å². The van der Waals surface area contributed by atoms with Crippen LogP contribution in [0.4, 0.5) is 13.2 Å². The Hall–Kier alpha value is -0.350. The Morgan fingerprint density at radius 3 is 2.00 bits per heavy atom. The minimum absolute atomic E-state index is 0.736. The van der Waals surface area contributed by atoms with Crippen LogP contribution in [0.25, 0.3) is 0 Å². The maximum atomic E-state index is 11.9. The molecule has 0 aliphatic rings. The van der Waals surface area contributed by atoms with E-state index in [9.17, 15) is 22.5 Å². The van der Waals surface area contributed by atoms with Gasteiger partial charge in [-0.05, 0) is 6.92 Å². The highest BCUT2D eigenvalue weighted by atomic mass is 31.1. The van der Waals surface area contributed by atoms with Crippen LogP contribution in [0.1, 0.15) is 6.92 Å². The fourth-order valence-corrected chi connectivity index (χ4v) is 1.48. The molecule has 0 fully saturated rings. The van der Waals surface area contributed by atoms with Crippen LogP contribution in [0.15, 0.2) is 0 Å². The Kier molecular flexibility index (Phi) is 3.93. The standard InChI is InChI=1S/C5H8F3O3P/c1-3(9)4(5(6,7)8)12(10)11-2/h4,12H,1-2H3. The molecule has 0 aromatic rings. The van der Waals surface area contributed by atoms with Gasteiger partial charge >= 0.3 is 6.18 Å². The van der Waals surface area contributed by atoms with E-state index < -0.39 is 25.6 Å². The summed E-state index contributed by atoms with van der Waals surface area (Å²) in [7, 11) is -2.47. The summed E-state index contributed by atoms with van der Waals surface area (Å²) in [6.45, 7) is 0.736. The Morgan fingerprint density at radius 2 is 1.92 bits per heavy atom. The fourth-order valence-electron chi connectivity index (χ4n) is 0.648. The quantitative estimate of drug-likeness (QED) is 0.656. The lowest BCUT2D eigenvalue weighted by Crippen LogP contribution is -2.32. The molecule has 7 heteroatoms. The van der Waals surface area contributed by atoms with E-state index in [4.69, 9.17) is 0 Å². The minimum atomic E-state index is -4.78. The number of ketones is 1. The molecular weight excluding hydrogens is 196 g/mol. The van der Waals surface area contributed by atoms with Gasteiger partial charge in [-0.15, -0.1) is 0 Å². The zero-order chi connectivity index (χ0) is 9.94. The first kappa shape index (κ1) is 11.6. The van der Waals surface area contributed by atoms with Gasteiger partial charge in [0.2, 0.25) is 8.03 Å². The molecule has 0 saturated carbocycles. The van der Waals surface area contributed by atoms with Gasteiger partial charge in [-0.3, -0.25) is 9.36 Å². The molecule has 0 saturated heterocycles. The summed E-state index contributed by atoms with van der Waals surface area (Å²) in [5.41, 5.74) is -2.47. The Bertz CT molecular complexity index is 201. The van der Waals surface area contributed by atoms with Crippen LogP contribution in [0.5, 0.6) is 0 Å². The summed E-state index contributed by atoms with van der Waals surface area (Å²) in [5, 5.41) is 0. The van der Waals surface area contributed by atoms with Crippen molar-refractivity contribution in [3.8, 4) is 0 Å². The van der Waals surface area contributed by atoms with Gasteiger partial charge in [-0.2, -0.15) is 13.2 Å². The van der Waals surface area contributed by atoms with E-state index in [0.29, 0.717) is 0 Å². The maximum Gasteiger partial charge on any atom is 0.407 e. The van der Waals surface area contributed by atoms with Gasteiger partial charge in [-0.1, -0.05) is 0 Å². The molecule has 0 N–H and O–H groups in total. The zero-order valence-corrected chi connectivity index (χ0v) is 7.44. The third-order valence-corrected chi connectivity index (χ3v) is 2.78. The van der Waals surface area contributed by atoms with Crippen molar-refractivity contribution in [2.24, 2.45) is 0 Å². The van der Waals surface area contributed by atoms with Crippen LogP contribution in [0.3, 0.4) is 0 Å². The van der Waals surface area contributed by atoms with Crippen LogP contribution in [0.2, 0.25) is 0 Å².